The smallest absolute Gasteiger partial charge is 0.143 e. The van der Waals surface area contributed by atoms with Crippen LogP contribution in [0.2, 0.25) is 10.0 Å². The molecule has 0 spiro atoms. The first-order valence-electron chi connectivity index (χ1n) is 8.33. The maximum absolute atomic E-state index is 9.88. The number of aromatic nitrogens is 3. The Bertz CT molecular complexity index is 1140. The number of hydrogen-bond donors (Lipinski definition) is 2. The molecule has 0 bridgehead atoms. The van der Waals surface area contributed by atoms with Crippen LogP contribution in [-0.2, 0) is 6.61 Å². The first-order valence-corrected chi connectivity index (χ1v) is 9.09. The van der Waals surface area contributed by atoms with E-state index in [0.29, 0.717) is 39.8 Å². The monoisotopic (exact) mass is 412 g/mol. The van der Waals surface area contributed by atoms with Gasteiger partial charge in [0.2, 0.25) is 0 Å². The fourth-order valence-corrected chi connectivity index (χ4v) is 3.15. The molecule has 6 nitrogen and oxygen atoms in total. The molecule has 4 rings (SSSR count). The number of phenolic OH excluding ortho intramolecular Hbond substituents is 1. The molecule has 0 aliphatic rings. The summed E-state index contributed by atoms with van der Waals surface area (Å²) in [5.41, 5.74) is 2.11. The summed E-state index contributed by atoms with van der Waals surface area (Å²) in [5, 5.41) is 14.2. The second kappa shape index (κ2) is 7.88. The van der Waals surface area contributed by atoms with Crippen LogP contribution in [0.3, 0.4) is 0 Å². The minimum absolute atomic E-state index is 0.0386. The van der Waals surface area contributed by atoms with Gasteiger partial charge in [0.15, 0.2) is 0 Å². The van der Waals surface area contributed by atoms with Crippen LogP contribution in [0.25, 0.3) is 10.9 Å². The SMILES string of the molecule is Oc1ccc2ncnc(Nc3ccc(OCc4ccccn4)c(Cl)c3)c2c1Cl. The highest BCUT2D eigenvalue weighted by molar-refractivity contribution is 6.37. The number of nitrogens with one attached hydrogen (secondary N) is 1. The highest BCUT2D eigenvalue weighted by Gasteiger charge is 2.12. The number of nitrogens with zero attached hydrogens (tertiary/aromatic N) is 3. The lowest BCUT2D eigenvalue weighted by Gasteiger charge is -2.12. The van der Waals surface area contributed by atoms with Crippen molar-refractivity contribution >= 4 is 45.6 Å². The van der Waals surface area contributed by atoms with Crippen molar-refractivity contribution in [1.82, 2.24) is 15.0 Å². The van der Waals surface area contributed by atoms with Crippen molar-refractivity contribution in [3.63, 3.8) is 0 Å². The molecular weight excluding hydrogens is 399 g/mol. The molecule has 0 unspecified atom stereocenters. The third-order valence-corrected chi connectivity index (χ3v) is 4.69. The average molecular weight is 413 g/mol. The summed E-state index contributed by atoms with van der Waals surface area (Å²) >= 11 is 12.6. The van der Waals surface area contributed by atoms with Crippen LogP contribution in [0.4, 0.5) is 11.5 Å². The zero-order valence-corrected chi connectivity index (χ0v) is 15.9. The summed E-state index contributed by atoms with van der Waals surface area (Å²) in [5.74, 6) is 0.966. The van der Waals surface area contributed by atoms with Gasteiger partial charge in [0.1, 0.15) is 30.3 Å². The molecule has 0 fully saturated rings. The van der Waals surface area contributed by atoms with Crippen LogP contribution >= 0.6 is 23.2 Å². The number of hydrogen-bond acceptors (Lipinski definition) is 6. The molecule has 2 N–H and O–H groups in total. The van der Waals surface area contributed by atoms with E-state index in [9.17, 15) is 5.11 Å². The zero-order valence-electron chi connectivity index (χ0n) is 14.4. The summed E-state index contributed by atoms with van der Waals surface area (Å²) in [4.78, 5) is 12.6. The van der Waals surface area contributed by atoms with Crippen molar-refractivity contribution in [2.45, 2.75) is 6.61 Å². The Balaban J connectivity index is 1.57. The molecule has 140 valence electrons. The van der Waals surface area contributed by atoms with Crippen LogP contribution in [-0.4, -0.2) is 20.1 Å². The maximum Gasteiger partial charge on any atom is 0.143 e. The van der Waals surface area contributed by atoms with E-state index < -0.39 is 0 Å². The number of ether oxygens (including phenoxy) is 1. The van der Waals surface area contributed by atoms with E-state index in [1.165, 1.54) is 12.4 Å². The molecule has 0 saturated heterocycles. The van der Waals surface area contributed by atoms with Gasteiger partial charge in [-0.1, -0.05) is 29.3 Å². The van der Waals surface area contributed by atoms with E-state index in [1.54, 1.807) is 24.4 Å². The van der Waals surface area contributed by atoms with Crippen LogP contribution in [0, 0.1) is 0 Å². The predicted molar refractivity (Wildman–Crippen MR) is 110 cm³/mol. The summed E-state index contributed by atoms with van der Waals surface area (Å²) in [6.45, 7) is 0.318. The topological polar surface area (TPSA) is 80.2 Å². The highest BCUT2D eigenvalue weighted by Crippen LogP contribution is 2.36. The third kappa shape index (κ3) is 3.78. The number of aromatic hydroxyl groups is 1. The fraction of sp³-hybridized carbons (Fsp3) is 0.0500. The molecule has 0 aliphatic carbocycles. The van der Waals surface area contributed by atoms with E-state index >= 15 is 0 Å². The molecule has 0 atom stereocenters. The summed E-state index contributed by atoms with van der Waals surface area (Å²) < 4.78 is 5.73. The first-order chi connectivity index (χ1) is 13.6. The Morgan fingerprint density at radius 3 is 2.68 bits per heavy atom. The Morgan fingerprint density at radius 1 is 1.00 bits per heavy atom. The van der Waals surface area contributed by atoms with Gasteiger partial charge < -0.3 is 15.2 Å². The number of anilines is 2. The van der Waals surface area contributed by atoms with Crippen molar-refractivity contribution in [1.29, 1.82) is 0 Å². The van der Waals surface area contributed by atoms with Gasteiger partial charge in [0.05, 0.1) is 26.6 Å². The fourth-order valence-electron chi connectivity index (χ4n) is 2.66. The number of halogens is 2. The summed E-state index contributed by atoms with van der Waals surface area (Å²) in [6.07, 6.45) is 3.13. The molecule has 0 aliphatic heterocycles. The Kier molecular flexibility index (Phi) is 5.14. The summed E-state index contributed by atoms with van der Waals surface area (Å²) in [7, 11) is 0. The normalized spacial score (nSPS) is 10.8. The van der Waals surface area contributed by atoms with Crippen molar-refractivity contribution in [3.8, 4) is 11.5 Å². The number of phenols is 1. The highest BCUT2D eigenvalue weighted by atomic mass is 35.5. The first kappa shape index (κ1) is 18.3. The average Bonchev–Trinajstić information content (AvgIpc) is 2.71. The molecule has 0 radical (unpaired) electrons. The van der Waals surface area contributed by atoms with Crippen LogP contribution in [0.15, 0.2) is 61.1 Å². The van der Waals surface area contributed by atoms with E-state index in [4.69, 9.17) is 27.9 Å². The molecule has 28 heavy (non-hydrogen) atoms. The molecular formula is C20H14Cl2N4O2. The van der Waals surface area contributed by atoms with Gasteiger partial charge in [0, 0.05) is 11.9 Å². The lowest BCUT2D eigenvalue weighted by molar-refractivity contribution is 0.301. The number of benzene rings is 2. The van der Waals surface area contributed by atoms with Gasteiger partial charge in [-0.25, -0.2) is 9.97 Å². The quantitative estimate of drug-likeness (QED) is 0.459. The van der Waals surface area contributed by atoms with E-state index in [1.807, 2.05) is 24.3 Å². The second-order valence-corrected chi connectivity index (χ2v) is 6.68. The summed E-state index contributed by atoms with van der Waals surface area (Å²) in [6, 6.07) is 14.1. The maximum atomic E-state index is 9.88. The Labute approximate surface area is 170 Å². The van der Waals surface area contributed by atoms with Crippen molar-refractivity contribution in [2.24, 2.45) is 0 Å². The van der Waals surface area contributed by atoms with Gasteiger partial charge in [0.25, 0.3) is 0 Å². The van der Waals surface area contributed by atoms with Gasteiger partial charge in [-0.3, -0.25) is 4.98 Å². The van der Waals surface area contributed by atoms with Crippen LogP contribution < -0.4 is 10.1 Å². The predicted octanol–water partition coefficient (Wildman–Crippen LogP) is 5.36. The number of rotatable bonds is 5. The minimum atomic E-state index is -0.0386. The van der Waals surface area contributed by atoms with Crippen molar-refractivity contribution in [2.75, 3.05) is 5.32 Å². The number of fused-ring (bicyclic) bond motifs is 1. The van der Waals surface area contributed by atoms with Gasteiger partial charge in [-0.15, -0.1) is 0 Å². The molecule has 4 aromatic rings. The van der Waals surface area contributed by atoms with Gasteiger partial charge >= 0.3 is 0 Å². The van der Waals surface area contributed by atoms with Crippen molar-refractivity contribution in [3.05, 3.63) is 76.8 Å². The van der Waals surface area contributed by atoms with Gasteiger partial charge in [-0.05, 0) is 42.5 Å². The lowest BCUT2D eigenvalue weighted by Crippen LogP contribution is -1.99. The van der Waals surface area contributed by atoms with Crippen LogP contribution in [0.1, 0.15) is 5.69 Å². The standard InChI is InChI=1S/C20H14Cl2N4O2/c21-14-9-12(4-7-17(14)28-10-13-3-1-2-8-23-13)26-20-18-15(24-11-25-20)5-6-16(27)19(18)22/h1-9,11,27H,10H2,(H,24,25,26). The minimum Gasteiger partial charge on any atom is -0.506 e. The molecule has 2 heterocycles. The Morgan fingerprint density at radius 2 is 1.89 bits per heavy atom. The molecule has 2 aromatic carbocycles. The molecule has 8 heteroatoms. The lowest BCUT2D eigenvalue weighted by atomic mass is 10.2. The van der Waals surface area contributed by atoms with E-state index in [-0.39, 0.29) is 10.8 Å². The molecule has 0 amide bonds. The van der Waals surface area contributed by atoms with E-state index in [0.717, 1.165) is 5.69 Å². The molecule has 0 saturated carbocycles. The van der Waals surface area contributed by atoms with E-state index in [2.05, 4.69) is 20.3 Å². The third-order valence-electron chi connectivity index (χ3n) is 4.02. The Hall–Kier alpha value is -3.09. The van der Waals surface area contributed by atoms with Crippen molar-refractivity contribution < 1.29 is 9.84 Å². The largest absolute Gasteiger partial charge is 0.506 e. The second-order valence-electron chi connectivity index (χ2n) is 5.90. The number of pyridine rings is 1. The molecule has 2 aromatic heterocycles. The van der Waals surface area contributed by atoms with Gasteiger partial charge in [-0.2, -0.15) is 0 Å². The van der Waals surface area contributed by atoms with Crippen LogP contribution in [0.5, 0.6) is 11.5 Å². The zero-order chi connectivity index (χ0) is 19.5.